The van der Waals surface area contributed by atoms with Crippen molar-refractivity contribution in [3.63, 3.8) is 0 Å². The quantitative estimate of drug-likeness (QED) is 0.598. The second-order valence-corrected chi connectivity index (χ2v) is 5.41. The van der Waals surface area contributed by atoms with Crippen LogP contribution in [0.4, 0.5) is 5.69 Å². The maximum absolute atomic E-state index is 12.0. The number of hydrogen-bond donors (Lipinski definition) is 2. The number of nitrogens with zero attached hydrogens (tertiary/aromatic N) is 1. The molecular weight excluding hydrogens is 290 g/mol. The third-order valence-electron chi connectivity index (χ3n) is 4.02. The van der Waals surface area contributed by atoms with Crippen molar-refractivity contribution in [2.24, 2.45) is 0 Å². The molecule has 4 aromatic rings. The first-order valence-electron chi connectivity index (χ1n) is 7.49. The van der Waals surface area contributed by atoms with Gasteiger partial charge in [-0.1, -0.05) is 31.2 Å². The van der Waals surface area contributed by atoms with Crippen LogP contribution in [0, 0.1) is 0 Å². The van der Waals surface area contributed by atoms with Gasteiger partial charge in [-0.2, -0.15) is 0 Å². The number of para-hydroxylation sites is 1. The van der Waals surface area contributed by atoms with Crippen molar-refractivity contribution in [2.45, 2.75) is 13.3 Å². The summed E-state index contributed by atoms with van der Waals surface area (Å²) in [6, 6.07) is 12.2. The fourth-order valence-electron chi connectivity index (χ4n) is 2.88. The fraction of sp³-hybridized carbons (Fsp3) is 0.111. The Morgan fingerprint density at radius 3 is 2.96 bits per heavy atom. The Labute approximate surface area is 132 Å². The number of carbonyl (C=O) groups excluding carboxylic acids is 1. The Kier molecular flexibility index (Phi) is 3.12. The highest BCUT2D eigenvalue weighted by atomic mass is 16.3. The normalized spacial score (nSPS) is 11.2. The average molecular weight is 305 g/mol. The Balaban J connectivity index is 1.76. The average Bonchev–Trinajstić information content (AvgIpc) is 3.21. The molecule has 0 aliphatic rings. The number of anilines is 1. The number of rotatable bonds is 3. The molecular formula is C18H15N3O2. The maximum Gasteiger partial charge on any atom is 0.277 e. The molecule has 114 valence electrons. The smallest absolute Gasteiger partial charge is 0.277 e. The van der Waals surface area contributed by atoms with E-state index in [2.05, 4.69) is 40.4 Å². The molecule has 0 fully saturated rings. The van der Waals surface area contributed by atoms with Crippen LogP contribution in [0.5, 0.6) is 0 Å². The first-order valence-corrected chi connectivity index (χ1v) is 7.49. The minimum Gasteiger partial charge on any atom is -0.451 e. The predicted octanol–water partition coefficient (Wildman–Crippen LogP) is 4.12. The molecule has 1 amide bonds. The van der Waals surface area contributed by atoms with Crippen LogP contribution < -0.4 is 5.32 Å². The van der Waals surface area contributed by atoms with Crippen LogP contribution in [-0.4, -0.2) is 15.9 Å². The Hall–Kier alpha value is -3.08. The molecule has 2 aromatic carbocycles. The van der Waals surface area contributed by atoms with Crippen LogP contribution in [0.2, 0.25) is 0 Å². The van der Waals surface area contributed by atoms with Gasteiger partial charge in [0.25, 0.3) is 5.91 Å². The molecule has 2 N–H and O–H groups in total. The van der Waals surface area contributed by atoms with Crippen molar-refractivity contribution in [2.75, 3.05) is 5.32 Å². The summed E-state index contributed by atoms with van der Waals surface area (Å²) >= 11 is 0. The number of amides is 1. The maximum atomic E-state index is 12.0. The topological polar surface area (TPSA) is 70.9 Å². The van der Waals surface area contributed by atoms with E-state index >= 15 is 0 Å². The zero-order valence-corrected chi connectivity index (χ0v) is 12.6. The number of hydrogen-bond acceptors (Lipinski definition) is 3. The third-order valence-corrected chi connectivity index (χ3v) is 4.02. The molecule has 0 atom stereocenters. The van der Waals surface area contributed by atoms with Gasteiger partial charge >= 0.3 is 0 Å². The number of aromatic nitrogens is 2. The predicted molar refractivity (Wildman–Crippen MR) is 89.6 cm³/mol. The lowest BCUT2D eigenvalue weighted by Gasteiger charge is -2.02. The summed E-state index contributed by atoms with van der Waals surface area (Å²) in [4.78, 5) is 19.3. The molecule has 4 rings (SSSR count). The molecule has 0 bridgehead atoms. The molecule has 2 heterocycles. The highest BCUT2D eigenvalue weighted by Crippen LogP contribution is 2.29. The van der Waals surface area contributed by atoms with E-state index in [0.717, 1.165) is 28.5 Å². The van der Waals surface area contributed by atoms with Gasteiger partial charge in [0.2, 0.25) is 0 Å². The van der Waals surface area contributed by atoms with Gasteiger partial charge in [0, 0.05) is 27.5 Å². The summed E-state index contributed by atoms with van der Waals surface area (Å²) in [6.45, 7) is 2.14. The van der Waals surface area contributed by atoms with Crippen LogP contribution >= 0.6 is 0 Å². The fourth-order valence-corrected chi connectivity index (χ4v) is 2.88. The molecule has 0 saturated heterocycles. The van der Waals surface area contributed by atoms with Crippen LogP contribution in [0.25, 0.3) is 21.8 Å². The van der Waals surface area contributed by atoms with Gasteiger partial charge in [0.05, 0.1) is 0 Å². The minimum absolute atomic E-state index is 0.259. The number of nitrogens with one attached hydrogen (secondary N) is 2. The summed E-state index contributed by atoms with van der Waals surface area (Å²) in [5.74, 6) is -0.288. The van der Waals surface area contributed by atoms with Gasteiger partial charge in [-0.25, -0.2) is 4.98 Å². The van der Waals surface area contributed by atoms with E-state index in [1.54, 1.807) is 0 Å². The number of aryl methyl sites for hydroxylation is 1. The summed E-state index contributed by atoms with van der Waals surface area (Å²) in [5, 5.41) is 5.18. The third kappa shape index (κ3) is 2.26. The van der Waals surface area contributed by atoms with Crippen molar-refractivity contribution in [1.29, 1.82) is 0 Å². The number of benzene rings is 2. The monoisotopic (exact) mass is 305 g/mol. The first-order chi connectivity index (χ1) is 11.3. The van der Waals surface area contributed by atoms with Crippen LogP contribution in [-0.2, 0) is 6.42 Å². The second kappa shape index (κ2) is 5.28. The molecule has 0 spiro atoms. The molecule has 0 aliphatic carbocycles. The molecule has 0 radical (unpaired) electrons. The van der Waals surface area contributed by atoms with Gasteiger partial charge in [-0.15, -0.1) is 0 Å². The Morgan fingerprint density at radius 1 is 1.26 bits per heavy atom. The Morgan fingerprint density at radius 2 is 2.17 bits per heavy atom. The van der Waals surface area contributed by atoms with Gasteiger partial charge in [-0.3, -0.25) is 4.79 Å². The summed E-state index contributed by atoms with van der Waals surface area (Å²) in [5.41, 5.74) is 4.42. The van der Waals surface area contributed by atoms with Crippen LogP contribution in [0.1, 0.15) is 23.0 Å². The van der Waals surface area contributed by atoms with Gasteiger partial charge in [-0.05, 0) is 24.1 Å². The lowest BCUT2D eigenvalue weighted by Crippen LogP contribution is -2.11. The van der Waals surface area contributed by atoms with Crippen molar-refractivity contribution >= 4 is 33.4 Å². The highest BCUT2D eigenvalue weighted by Gasteiger charge is 2.11. The van der Waals surface area contributed by atoms with Crippen molar-refractivity contribution in [3.05, 3.63) is 60.3 Å². The molecule has 2 aromatic heterocycles. The molecule has 23 heavy (non-hydrogen) atoms. The molecule has 0 saturated carbocycles. The highest BCUT2D eigenvalue weighted by molar-refractivity contribution is 6.10. The molecule has 5 nitrogen and oxygen atoms in total. The lowest BCUT2D eigenvalue weighted by atomic mass is 10.1. The van der Waals surface area contributed by atoms with E-state index in [4.69, 9.17) is 4.42 Å². The van der Waals surface area contributed by atoms with E-state index in [0.29, 0.717) is 0 Å². The summed E-state index contributed by atoms with van der Waals surface area (Å²) < 4.78 is 4.83. The Bertz CT molecular complexity index is 1000. The largest absolute Gasteiger partial charge is 0.451 e. The van der Waals surface area contributed by atoms with E-state index < -0.39 is 0 Å². The zero-order chi connectivity index (χ0) is 15.8. The van der Waals surface area contributed by atoms with E-state index in [1.165, 1.54) is 23.6 Å². The van der Waals surface area contributed by atoms with Crippen molar-refractivity contribution in [1.82, 2.24) is 9.97 Å². The standard InChI is InChI=1S/C18H15N3O2/c1-2-11-4-3-5-14-13-7-6-12(8-15(13)21-17(11)14)20-18(22)16-9-23-10-19-16/h3-10,21H,2H2,1H3,(H,20,22). The lowest BCUT2D eigenvalue weighted by molar-refractivity contribution is 0.102. The summed E-state index contributed by atoms with van der Waals surface area (Å²) in [6.07, 6.45) is 3.53. The molecule has 5 heteroatoms. The summed E-state index contributed by atoms with van der Waals surface area (Å²) in [7, 11) is 0. The number of oxazole rings is 1. The first kappa shape index (κ1) is 13.6. The van der Waals surface area contributed by atoms with E-state index in [-0.39, 0.29) is 11.6 Å². The number of aromatic amines is 1. The van der Waals surface area contributed by atoms with Gasteiger partial charge in [0.15, 0.2) is 12.1 Å². The van der Waals surface area contributed by atoms with Crippen LogP contribution in [0.3, 0.4) is 0 Å². The van der Waals surface area contributed by atoms with Crippen LogP contribution in [0.15, 0.2) is 53.5 Å². The van der Waals surface area contributed by atoms with E-state index in [9.17, 15) is 4.79 Å². The zero-order valence-electron chi connectivity index (χ0n) is 12.6. The second-order valence-electron chi connectivity index (χ2n) is 5.41. The molecule has 0 aliphatic heterocycles. The number of H-pyrrole nitrogens is 1. The molecule has 0 unspecified atom stereocenters. The van der Waals surface area contributed by atoms with Gasteiger partial charge < -0.3 is 14.7 Å². The number of carbonyl (C=O) groups is 1. The van der Waals surface area contributed by atoms with Crippen molar-refractivity contribution in [3.8, 4) is 0 Å². The van der Waals surface area contributed by atoms with Gasteiger partial charge in [0.1, 0.15) is 6.26 Å². The van der Waals surface area contributed by atoms with Crippen molar-refractivity contribution < 1.29 is 9.21 Å². The van der Waals surface area contributed by atoms with E-state index in [1.807, 2.05) is 18.2 Å². The minimum atomic E-state index is -0.288. The SMILES string of the molecule is CCc1cccc2c1[nH]c1cc(NC(=O)c3cocn3)ccc12. The number of fused-ring (bicyclic) bond motifs is 3.